The van der Waals surface area contributed by atoms with Gasteiger partial charge in [-0.2, -0.15) is 11.8 Å². The third kappa shape index (κ3) is 6.23. The van der Waals surface area contributed by atoms with Gasteiger partial charge in [0.2, 0.25) is 0 Å². The van der Waals surface area contributed by atoms with Crippen LogP contribution in [0.3, 0.4) is 0 Å². The molecular weight excluding hydrogens is 324 g/mol. The lowest BCUT2D eigenvalue weighted by atomic mass is 9.82. The molecule has 0 saturated heterocycles. The van der Waals surface area contributed by atoms with E-state index in [-0.39, 0.29) is 0 Å². The fourth-order valence-corrected chi connectivity index (χ4v) is 4.40. The van der Waals surface area contributed by atoms with Gasteiger partial charge < -0.3 is 4.57 Å². The molecule has 0 aliphatic heterocycles. The number of imidazole rings is 1. The maximum atomic E-state index is 5.95. The number of benzene rings is 1. The average Bonchev–Trinajstić information content (AvgIpc) is 2.97. The largest absolute Gasteiger partial charge is 0.333 e. The third-order valence-corrected chi connectivity index (χ3v) is 5.34. The van der Waals surface area contributed by atoms with Crippen LogP contribution < -0.4 is 0 Å². The Bertz CT molecular complexity index is 572. The second-order valence-corrected chi connectivity index (χ2v) is 8.93. The molecular formula is C19H27ClN2S. The molecule has 0 amide bonds. The van der Waals surface area contributed by atoms with Crippen LogP contribution in [-0.4, -0.2) is 15.3 Å². The Kier molecular flexibility index (Phi) is 6.60. The van der Waals surface area contributed by atoms with E-state index in [4.69, 9.17) is 11.6 Å². The molecule has 23 heavy (non-hydrogen) atoms. The molecule has 126 valence electrons. The van der Waals surface area contributed by atoms with Crippen LogP contribution in [0.4, 0.5) is 0 Å². The molecule has 4 heteroatoms. The zero-order chi connectivity index (χ0) is 16.9. The number of halogens is 1. The van der Waals surface area contributed by atoms with Gasteiger partial charge in [0.05, 0.1) is 6.33 Å². The number of aromatic nitrogens is 2. The minimum Gasteiger partial charge on any atom is -0.333 e. The number of rotatable bonds is 7. The van der Waals surface area contributed by atoms with Crippen LogP contribution >= 0.6 is 23.4 Å². The summed E-state index contributed by atoms with van der Waals surface area (Å²) in [6.45, 7) is 9.30. The Labute approximate surface area is 149 Å². The van der Waals surface area contributed by atoms with E-state index in [0.29, 0.717) is 17.4 Å². The molecule has 0 radical (unpaired) electrons. The number of hydrogen-bond donors (Lipinski definition) is 0. The first-order valence-corrected chi connectivity index (χ1v) is 9.68. The SMILES string of the molecule is CC(CC(C)(C)C)C(CSCc1ccc(Cl)cc1)n1ccnc1. The van der Waals surface area contributed by atoms with Gasteiger partial charge in [-0.25, -0.2) is 4.98 Å². The Morgan fingerprint density at radius 1 is 1.22 bits per heavy atom. The molecule has 2 atom stereocenters. The standard InChI is InChI=1S/C19H27ClN2S/c1-15(11-19(2,3)4)18(22-10-9-21-14-22)13-23-12-16-5-7-17(20)8-6-16/h5-10,14-15,18H,11-13H2,1-4H3. The van der Waals surface area contributed by atoms with E-state index in [1.54, 1.807) is 0 Å². The quantitative estimate of drug-likeness (QED) is 0.601. The van der Waals surface area contributed by atoms with Crippen molar-refractivity contribution in [2.45, 2.75) is 45.9 Å². The highest BCUT2D eigenvalue weighted by Gasteiger charge is 2.24. The van der Waals surface area contributed by atoms with Gasteiger partial charge in [0.15, 0.2) is 0 Å². The van der Waals surface area contributed by atoms with Gasteiger partial charge in [-0.1, -0.05) is 51.4 Å². The Balaban J connectivity index is 1.96. The van der Waals surface area contributed by atoms with Crippen LogP contribution in [0.1, 0.15) is 45.7 Å². The van der Waals surface area contributed by atoms with Gasteiger partial charge in [-0.15, -0.1) is 0 Å². The zero-order valence-electron chi connectivity index (χ0n) is 14.5. The van der Waals surface area contributed by atoms with Gasteiger partial charge in [0.1, 0.15) is 0 Å². The fraction of sp³-hybridized carbons (Fsp3) is 0.526. The van der Waals surface area contributed by atoms with Gasteiger partial charge in [-0.05, 0) is 35.4 Å². The topological polar surface area (TPSA) is 17.8 Å². The monoisotopic (exact) mass is 350 g/mol. The Hall–Kier alpha value is -0.930. The van der Waals surface area contributed by atoms with E-state index in [0.717, 1.165) is 16.5 Å². The molecule has 2 rings (SSSR count). The van der Waals surface area contributed by atoms with Gasteiger partial charge in [0.25, 0.3) is 0 Å². The van der Waals surface area contributed by atoms with E-state index in [1.807, 2.05) is 36.4 Å². The molecule has 1 aromatic heterocycles. The summed E-state index contributed by atoms with van der Waals surface area (Å²) >= 11 is 7.93. The number of nitrogens with zero attached hydrogens (tertiary/aromatic N) is 2. The minimum absolute atomic E-state index is 0.346. The van der Waals surface area contributed by atoms with Crippen molar-refractivity contribution in [2.75, 3.05) is 5.75 Å². The van der Waals surface area contributed by atoms with Crippen molar-refractivity contribution in [2.24, 2.45) is 11.3 Å². The lowest BCUT2D eigenvalue weighted by molar-refractivity contribution is 0.252. The maximum Gasteiger partial charge on any atom is 0.0948 e. The zero-order valence-corrected chi connectivity index (χ0v) is 16.1. The lowest BCUT2D eigenvalue weighted by Gasteiger charge is -2.30. The summed E-state index contributed by atoms with van der Waals surface area (Å²) in [5, 5.41) is 0.800. The van der Waals surface area contributed by atoms with Crippen LogP contribution in [0.2, 0.25) is 5.02 Å². The van der Waals surface area contributed by atoms with Crippen LogP contribution in [0.25, 0.3) is 0 Å². The number of hydrogen-bond acceptors (Lipinski definition) is 2. The van der Waals surface area contributed by atoms with Crippen molar-refractivity contribution in [3.63, 3.8) is 0 Å². The van der Waals surface area contributed by atoms with Crippen LogP contribution in [0.15, 0.2) is 43.0 Å². The maximum absolute atomic E-state index is 5.95. The van der Waals surface area contributed by atoms with E-state index in [2.05, 4.69) is 55.6 Å². The van der Waals surface area contributed by atoms with E-state index in [1.165, 1.54) is 12.0 Å². The lowest BCUT2D eigenvalue weighted by Crippen LogP contribution is -2.23. The van der Waals surface area contributed by atoms with Crippen molar-refractivity contribution in [1.82, 2.24) is 9.55 Å². The summed E-state index contributed by atoms with van der Waals surface area (Å²) in [7, 11) is 0. The molecule has 0 aliphatic carbocycles. The highest BCUT2D eigenvalue weighted by Crippen LogP contribution is 2.33. The van der Waals surface area contributed by atoms with Gasteiger partial charge in [0, 0.05) is 35.0 Å². The normalized spacial score (nSPS) is 14.7. The van der Waals surface area contributed by atoms with E-state index < -0.39 is 0 Å². The molecule has 0 saturated carbocycles. The highest BCUT2D eigenvalue weighted by molar-refractivity contribution is 7.98. The summed E-state index contributed by atoms with van der Waals surface area (Å²) in [5.41, 5.74) is 1.67. The van der Waals surface area contributed by atoms with Crippen molar-refractivity contribution in [3.8, 4) is 0 Å². The molecule has 2 nitrogen and oxygen atoms in total. The van der Waals surface area contributed by atoms with E-state index >= 15 is 0 Å². The molecule has 0 N–H and O–H groups in total. The predicted molar refractivity (Wildman–Crippen MR) is 102 cm³/mol. The molecule has 0 fully saturated rings. The van der Waals surface area contributed by atoms with Crippen LogP contribution in [-0.2, 0) is 5.75 Å². The fourth-order valence-electron chi connectivity index (χ4n) is 2.99. The smallest absolute Gasteiger partial charge is 0.0948 e. The average molecular weight is 351 g/mol. The second kappa shape index (κ2) is 8.25. The molecule has 2 unspecified atom stereocenters. The van der Waals surface area contributed by atoms with Crippen LogP contribution in [0, 0.1) is 11.3 Å². The molecule has 0 spiro atoms. The summed E-state index contributed by atoms with van der Waals surface area (Å²) in [5.74, 6) is 2.72. The van der Waals surface area contributed by atoms with E-state index in [9.17, 15) is 0 Å². The first kappa shape index (κ1) is 18.4. The molecule has 0 bridgehead atoms. The van der Waals surface area contributed by atoms with Crippen molar-refractivity contribution >= 4 is 23.4 Å². The molecule has 2 aromatic rings. The summed E-state index contributed by atoms with van der Waals surface area (Å²) < 4.78 is 2.27. The molecule has 1 aromatic carbocycles. The van der Waals surface area contributed by atoms with Crippen molar-refractivity contribution < 1.29 is 0 Å². The summed E-state index contributed by atoms with van der Waals surface area (Å²) in [4.78, 5) is 4.24. The van der Waals surface area contributed by atoms with Crippen molar-refractivity contribution in [3.05, 3.63) is 53.6 Å². The van der Waals surface area contributed by atoms with Crippen LogP contribution in [0.5, 0.6) is 0 Å². The van der Waals surface area contributed by atoms with Gasteiger partial charge >= 0.3 is 0 Å². The molecule has 0 aliphatic rings. The number of thioether (sulfide) groups is 1. The summed E-state index contributed by atoms with van der Waals surface area (Å²) in [6.07, 6.45) is 7.12. The second-order valence-electron chi connectivity index (χ2n) is 7.46. The first-order valence-electron chi connectivity index (χ1n) is 8.15. The summed E-state index contributed by atoms with van der Waals surface area (Å²) in [6, 6.07) is 8.63. The third-order valence-electron chi connectivity index (χ3n) is 3.97. The first-order chi connectivity index (χ1) is 10.8. The minimum atomic E-state index is 0.346. The van der Waals surface area contributed by atoms with Gasteiger partial charge in [-0.3, -0.25) is 0 Å². The predicted octanol–water partition coefficient (Wildman–Crippen LogP) is 6.08. The molecule has 1 heterocycles. The Morgan fingerprint density at radius 2 is 1.91 bits per heavy atom. The highest BCUT2D eigenvalue weighted by atomic mass is 35.5. The Morgan fingerprint density at radius 3 is 2.48 bits per heavy atom. The van der Waals surface area contributed by atoms with Crippen molar-refractivity contribution in [1.29, 1.82) is 0 Å².